The van der Waals surface area contributed by atoms with E-state index in [1.165, 1.54) is 0 Å². The Hall–Kier alpha value is -1.06. The van der Waals surface area contributed by atoms with E-state index in [1.807, 2.05) is 12.1 Å². The maximum atomic E-state index is 11.7. The van der Waals surface area contributed by atoms with Crippen LogP contribution < -0.4 is 4.74 Å². The largest absolute Gasteiger partial charge is 0.497 e. The molecule has 0 heterocycles. The predicted molar refractivity (Wildman–Crippen MR) is 96.1 cm³/mol. The molecule has 3 rings (SSSR count). The second-order valence-electron chi connectivity index (χ2n) is 8.79. The summed E-state index contributed by atoms with van der Waals surface area (Å²) in [6, 6.07) is 8.06. The fourth-order valence-corrected chi connectivity index (χ4v) is 5.54. The number of hydrogen-bond acceptors (Lipinski definition) is 3. The zero-order valence-electron chi connectivity index (χ0n) is 15.5. The van der Waals surface area contributed by atoms with E-state index >= 15 is 0 Å². The molecule has 3 nitrogen and oxygen atoms in total. The fourth-order valence-electron chi connectivity index (χ4n) is 5.54. The Kier molecular flexibility index (Phi) is 4.46. The molecule has 0 radical (unpaired) electrons. The topological polar surface area (TPSA) is 49.7 Å². The highest BCUT2D eigenvalue weighted by atomic mass is 16.5. The molecule has 0 saturated heterocycles. The van der Waals surface area contributed by atoms with Gasteiger partial charge in [0.25, 0.3) is 0 Å². The highest BCUT2D eigenvalue weighted by Crippen LogP contribution is 2.61. The lowest BCUT2D eigenvalue weighted by Gasteiger charge is -2.62. The molecule has 0 amide bonds. The smallest absolute Gasteiger partial charge is 0.118 e. The second kappa shape index (κ2) is 6.03. The maximum absolute atomic E-state index is 11.7. The molecule has 0 bridgehead atoms. The average molecular weight is 332 g/mol. The molecule has 0 spiro atoms. The zero-order valence-corrected chi connectivity index (χ0v) is 15.5. The van der Waals surface area contributed by atoms with Crippen LogP contribution in [0.1, 0.15) is 58.4 Å². The van der Waals surface area contributed by atoms with Crippen molar-refractivity contribution in [3.8, 4) is 5.75 Å². The van der Waals surface area contributed by atoms with Crippen LogP contribution in [0.5, 0.6) is 5.75 Å². The highest BCUT2D eigenvalue weighted by molar-refractivity contribution is 5.29. The Labute approximate surface area is 146 Å². The van der Waals surface area contributed by atoms with Crippen LogP contribution in [0.25, 0.3) is 0 Å². The monoisotopic (exact) mass is 332 g/mol. The normalized spacial score (nSPS) is 38.4. The first kappa shape index (κ1) is 17.8. The zero-order chi connectivity index (χ0) is 17.6. The van der Waals surface area contributed by atoms with Gasteiger partial charge >= 0.3 is 0 Å². The van der Waals surface area contributed by atoms with Gasteiger partial charge in [-0.2, -0.15) is 0 Å². The molecule has 2 fully saturated rings. The van der Waals surface area contributed by atoms with E-state index in [9.17, 15) is 10.2 Å². The van der Waals surface area contributed by atoms with Crippen molar-refractivity contribution < 1.29 is 14.9 Å². The van der Waals surface area contributed by atoms with E-state index in [0.717, 1.165) is 43.4 Å². The van der Waals surface area contributed by atoms with Gasteiger partial charge in [-0.1, -0.05) is 39.3 Å². The van der Waals surface area contributed by atoms with Crippen LogP contribution >= 0.6 is 0 Å². The van der Waals surface area contributed by atoms with Gasteiger partial charge in [-0.3, -0.25) is 0 Å². The van der Waals surface area contributed by atoms with Crippen LogP contribution in [0.2, 0.25) is 0 Å². The standard InChI is InChI=1S/C21H32O3/c1-19(2)17-6-5-12-21(23,20(17,3)13-11-18(19)22)14-15-7-9-16(24-4)10-8-15/h7-10,17-18,22-23H,5-6,11-14H2,1-4H3/t17-,18-,20-,21+/m0/s1. The minimum atomic E-state index is -0.706. The molecule has 2 N–H and O–H groups in total. The third kappa shape index (κ3) is 2.66. The summed E-state index contributed by atoms with van der Waals surface area (Å²) in [6.45, 7) is 6.62. The molecule has 134 valence electrons. The summed E-state index contributed by atoms with van der Waals surface area (Å²) in [5.41, 5.74) is 0.168. The summed E-state index contributed by atoms with van der Waals surface area (Å²) in [4.78, 5) is 0. The third-order valence-corrected chi connectivity index (χ3v) is 7.27. The number of hydrogen-bond donors (Lipinski definition) is 2. The Balaban J connectivity index is 1.90. The van der Waals surface area contributed by atoms with Crippen LogP contribution in [-0.4, -0.2) is 29.0 Å². The van der Waals surface area contributed by atoms with Gasteiger partial charge in [0, 0.05) is 11.8 Å². The molecule has 3 heteroatoms. The quantitative estimate of drug-likeness (QED) is 0.881. The second-order valence-corrected chi connectivity index (χ2v) is 8.79. The summed E-state index contributed by atoms with van der Waals surface area (Å²) in [7, 11) is 1.67. The average Bonchev–Trinajstić information content (AvgIpc) is 2.54. The molecule has 0 aliphatic heterocycles. The Bertz CT molecular complexity index is 579. The number of benzene rings is 1. The Morgan fingerprint density at radius 1 is 1.08 bits per heavy atom. The molecule has 4 atom stereocenters. The van der Waals surface area contributed by atoms with Crippen LogP contribution in [0.4, 0.5) is 0 Å². The van der Waals surface area contributed by atoms with E-state index in [2.05, 4.69) is 32.9 Å². The molecule has 0 aromatic heterocycles. The molecule has 2 saturated carbocycles. The van der Waals surface area contributed by atoms with Crippen molar-refractivity contribution in [1.82, 2.24) is 0 Å². The molecule has 0 unspecified atom stereocenters. The lowest BCUT2D eigenvalue weighted by atomic mass is 9.45. The van der Waals surface area contributed by atoms with Crippen molar-refractivity contribution in [2.45, 2.75) is 71.0 Å². The first-order chi connectivity index (χ1) is 11.2. The van der Waals surface area contributed by atoms with Crippen molar-refractivity contribution in [2.75, 3.05) is 7.11 Å². The lowest BCUT2D eigenvalue weighted by Crippen LogP contribution is -2.62. The summed E-state index contributed by atoms with van der Waals surface area (Å²) >= 11 is 0. The van der Waals surface area contributed by atoms with Gasteiger partial charge in [0.15, 0.2) is 0 Å². The van der Waals surface area contributed by atoms with Gasteiger partial charge in [-0.25, -0.2) is 0 Å². The van der Waals surface area contributed by atoms with Gasteiger partial charge in [-0.05, 0) is 54.7 Å². The molecule has 24 heavy (non-hydrogen) atoms. The number of aliphatic hydroxyl groups is 2. The van der Waals surface area contributed by atoms with Crippen molar-refractivity contribution in [1.29, 1.82) is 0 Å². The summed E-state index contributed by atoms with van der Waals surface area (Å²) in [5, 5.41) is 22.2. The minimum absolute atomic E-state index is 0.138. The summed E-state index contributed by atoms with van der Waals surface area (Å²) in [5.74, 6) is 1.20. The van der Waals surface area contributed by atoms with E-state index in [0.29, 0.717) is 12.3 Å². The fraction of sp³-hybridized carbons (Fsp3) is 0.714. The van der Waals surface area contributed by atoms with Crippen LogP contribution in [0.15, 0.2) is 24.3 Å². The van der Waals surface area contributed by atoms with Crippen molar-refractivity contribution >= 4 is 0 Å². The molecule has 1 aromatic rings. The first-order valence-corrected chi connectivity index (χ1v) is 9.26. The van der Waals surface area contributed by atoms with E-state index in [-0.39, 0.29) is 16.9 Å². The van der Waals surface area contributed by atoms with Crippen molar-refractivity contribution in [3.63, 3.8) is 0 Å². The van der Waals surface area contributed by atoms with Gasteiger partial charge < -0.3 is 14.9 Å². The van der Waals surface area contributed by atoms with Crippen LogP contribution in [0, 0.1) is 16.7 Å². The number of ether oxygens (including phenoxy) is 1. The van der Waals surface area contributed by atoms with Crippen molar-refractivity contribution in [2.24, 2.45) is 16.7 Å². The van der Waals surface area contributed by atoms with E-state index < -0.39 is 5.60 Å². The number of aliphatic hydroxyl groups excluding tert-OH is 1. The third-order valence-electron chi connectivity index (χ3n) is 7.27. The lowest BCUT2D eigenvalue weighted by molar-refractivity contribution is -0.208. The predicted octanol–water partition coefficient (Wildman–Crippen LogP) is 3.96. The number of methoxy groups -OCH3 is 1. The van der Waals surface area contributed by atoms with E-state index in [4.69, 9.17) is 4.74 Å². The Morgan fingerprint density at radius 3 is 2.38 bits per heavy atom. The molecular formula is C21H32O3. The molecular weight excluding hydrogens is 300 g/mol. The molecule has 1 aromatic carbocycles. The first-order valence-electron chi connectivity index (χ1n) is 9.26. The van der Waals surface area contributed by atoms with Gasteiger partial charge in [0.2, 0.25) is 0 Å². The summed E-state index contributed by atoms with van der Waals surface area (Å²) < 4.78 is 5.24. The van der Waals surface area contributed by atoms with Crippen molar-refractivity contribution in [3.05, 3.63) is 29.8 Å². The summed E-state index contributed by atoms with van der Waals surface area (Å²) in [6.07, 6.45) is 5.07. The Morgan fingerprint density at radius 2 is 1.75 bits per heavy atom. The van der Waals surface area contributed by atoms with E-state index in [1.54, 1.807) is 7.11 Å². The van der Waals surface area contributed by atoms with Crippen LogP contribution in [-0.2, 0) is 6.42 Å². The van der Waals surface area contributed by atoms with Crippen LogP contribution in [0.3, 0.4) is 0 Å². The van der Waals surface area contributed by atoms with Gasteiger partial charge in [0.1, 0.15) is 5.75 Å². The highest BCUT2D eigenvalue weighted by Gasteiger charge is 2.60. The van der Waals surface area contributed by atoms with Gasteiger partial charge in [-0.15, -0.1) is 0 Å². The minimum Gasteiger partial charge on any atom is -0.497 e. The molecule has 2 aliphatic carbocycles. The molecule has 2 aliphatic rings. The van der Waals surface area contributed by atoms with Gasteiger partial charge in [0.05, 0.1) is 18.8 Å². The maximum Gasteiger partial charge on any atom is 0.118 e. The SMILES string of the molecule is COc1ccc(C[C@]2(O)CCC[C@H]3C(C)(C)[C@@H](O)CC[C@@]32C)cc1. The number of fused-ring (bicyclic) bond motifs is 1. The number of rotatable bonds is 3.